The maximum absolute atomic E-state index is 11.7. The van der Waals surface area contributed by atoms with Gasteiger partial charge < -0.3 is 14.2 Å². The van der Waals surface area contributed by atoms with Crippen molar-refractivity contribution in [2.45, 2.75) is 19.9 Å². The monoisotopic (exact) mass is 219 g/mol. The lowest BCUT2D eigenvalue weighted by Gasteiger charge is -2.10. The van der Waals surface area contributed by atoms with Crippen molar-refractivity contribution in [2.24, 2.45) is 0 Å². The number of hydrogen-bond donors (Lipinski definition) is 1. The highest BCUT2D eigenvalue weighted by Crippen LogP contribution is 2.16. The average Bonchev–Trinajstić information content (AvgIpc) is 2.87. The van der Waals surface area contributed by atoms with E-state index in [4.69, 9.17) is 8.83 Å². The van der Waals surface area contributed by atoms with Crippen LogP contribution in [0.1, 0.15) is 34.8 Å². The van der Waals surface area contributed by atoms with Crippen molar-refractivity contribution in [3.05, 3.63) is 47.8 Å². The van der Waals surface area contributed by atoms with E-state index in [0.717, 1.165) is 11.5 Å². The molecule has 0 aliphatic rings. The van der Waals surface area contributed by atoms with Crippen LogP contribution in [0, 0.1) is 6.92 Å². The van der Waals surface area contributed by atoms with Gasteiger partial charge in [0.15, 0.2) is 0 Å². The number of carbonyl (C=O) groups excluding carboxylic acids is 1. The minimum atomic E-state index is -0.171. The zero-order chi connectivity index (χ0) is 11.5. The van der Waals surface area contributed by atoms with Crippen molar-refractivity contribution in [1.82, 2.24) is 5.32 Å². The van der Waals surface area contributed by atoms with Gasteiger partial charge in [-0.2, -0.15) is 0 Å². The molecule has 4 heteroatoms. The first-order chi connectivity index (χ1) is 7.66. The van der Waals surface area contributed by atoms with Crippen molar-refractivity contribution < 1.29 is 13.6 Å². The number of amides is 1. The van der Waals surface area contributed by atoms with Crippen LogP contribution >= 0.6 is 0 Å². The number of furan rings is 2. The number of hydrogen-bond acceptors (Lipinski definition) is 3. The van der Waals surface area contributed by atoms with E-state index in [1.165, 1.54) is 12.5 Å². The minimum absolute atomic E-state index is 0.156. The van der Waals surface area contributed by atoms with Crippen LogP contribution < -0.4 is 5.32 Å². The number of aryl methyl sites for hydroxylation is 1. The second-order valence-electron chi connectivity index (χ2n) is 3.66. The predicted molar refractivity (Wildman–Crippen MR) is 58.0 cm³/mol. The van der Waals surface area contributed by atoms with Gasteiger partial charge in [0.1, 0.15) is 17.8 Å². The van der Waals surface area contributed by atoms with Crippen LogP contribution in [0.5, 0.6) is 0 Å². The molecule has 4 nitrogen and oxygen atoms in total. The van der Waals surface area contributed by atoms with Crippen LogP contribution in [-0.4, -0.2) is 5.91 Å². The molecule has 0 spiro atoms. The molecule has 0 radical (unpaired) electrons. The Balaban J connectivity index is 2.03. The summed E-state index contributed by atoms with van der Waals surface area (Å²) in [5, 5.41) is 2.82. The summed E-state index contributed by atoms with van der Waals surface area (Å²) >= 11 is 0. The maximum Gasteiger partial charge on any atom is 0.255 e. The Labute approximate surface area is 93.2 Å². The summed E-state index contributed by atoms with van der Waals surface area (Å²) in [6, 6.07) is 5.19. The molecule has 2 rings (SSSR count). The van der Waals surface area contributed by atoms with E-state index in [9.17, 15) is 4.79 Å². The molecule has 1 unspecified atom stereocenters. The third-order valence-electron chi connectivity index (χ3n) is 2.32. The van der Waals surface area contributed by atoms with E-state index in [1.807, 2.05) is 26.0 Å². The molecule has 0 aromatic carbocycles. The maximum atomic E-state index is 11.7. The molecule has 1 atom stereocenters. The van der Waals surface area contributed by atoms with Crippen molar-refractivity contribution >= 4 is 5.91 Å². The molecule has 2 heterocycles. The molecule has 1 amide bonds. The van der Waals surface area contributed by atoms with Gasteiger partial charge in [-0.3, -0.25) is 4.79 Å². The Morgan fingerprint density at radius 3 is 2.75 bits per heavy atom. The van der Waals surface area contributed by atoms with Gasteiger partial charge >= 0.3 is 0 Å². The van der Waals surface area contributed by atoms with Gasteiger partial charge in [-0.1, -0.05) is 0 Å². The molecule has 0 aliphatic heterocycles. The SMILES string of the molecule is Cc1ccc(C(C)NC(=O)c2ccoc2)o1. The third-order valence-corrected chi connectivity index (χ3v) is 2.32. The Hall–Kier alpha value is -1.97. The first kappa shape index (κ1) is 10.5. The summed E-state index contributed by atoms with van der Waals surface area (Å²) in [5.41, 5.74) is 0.509. The second kappa shape index (κ2) is 4.26. The number of rotatable bonds is 3. The number of nitrogens with one attached hydrogen (secondary N) is 1. The normalized spacial score (nSPS) is 12.4. The largest absolute Gasteiger partial charge is 0.472 e. The lowest BCUT2D eigenvalue weighted by atomic mass is 10.2. The van der Waals surface area contributed by atoms with Gasteiger partial charge in [0, 0.05) is 0 Å². The lowest BCUT2D eigenvalue weighted by Crippen LogP contribution is -2.25. The van der Waals surface area contributed by atoms with Crippen LogP contribution in [0.3, 0.4) is 0 Å². The molecule has 0 aliphatic carbocycles. The molecule has 0 saturated carbocycles. The Bertz CT molecular complexity index is 470. The molecule has 2 aromatic heterocycles. The summed E-state index contributed by atoms with van der Waals surface area (Å²) in [4.78, 5) is 11.7. The highest BCUT2D eigenvalue weighted by molar-refractivity contribution is 5.93. The fraction of sp³-hybridized carbons (Fsp3) is 0.250. The average molecular weight is 219 g/mol. The van der Waals surface area contributed by atoms with Crippen molar-refractivity contribution in [3.63, 3.8) is 0 Å². The molecule has 2 aromatic rings. The third kappa shape index (κ3) is 2.16. The highest BCUT2D eigenvalue weighted by atomic mass is 16.3. The molecular formula is C12H13NO3. The topological polar surface area (TPSA) is 55.4 Å². The van der Waals surface area contributed by atoms with Crippen molar-refractivity contribution in [2.75, 3.05) is 0 Å². The molecule has 84 valence electrons. The minimum Gasteiger partial charge on any atom is -0.472 e. The van der Waals surface area contributed by atoms with Gasteiger partial charge in [-0.25, -0.2) is 0 Å². The summed E-state index contributed by atoms with van der Waals surface area (Å²) in [5.74, 6) is 1.41. The van der Waals surface area contributed by atoms with Gasteiger partial charge in [0.2, 0.25) is 0 Å². The smallest absolute Gasteiger partial charge is 0.255 e. The van der Waals surface area contributed by atoms with Gasteiger partial charge in [0.25, 0.3) is 5.91 Å². The van der Waals surface area contributed by atoms with E-state index < -0.39 is 0 Å². The molecule has 0 fully saturated rings. The summed E-state index contributed by atoms with van der Waals surface area (Å²) in [6.45, 7) is 3.74. The number of carbonyl (C=O) groups is 1. The van der Waals surface area contributed by atoms with Crippen LogP contribution in [0.2, 0.25) is 0 Å². The first-order valence-electron chi connectivity index (χ1n) is 5.06. The first-order valence-corrected chi connectivity index (χ1v) is 5.06. The molecule has 1 N–H and O–H groups in total. The molecule has 0 bridgehead atoms. The predicted octanol–water partition coefficient (Wildman–Crippen LogP) is 2.67. The quantitative estimate of drug-likeness (QED) is 0.863. The van der Waals surface area contributed by atoms with Gasteiger partial charge in [-0.05, 0) is 32.0 Å². The van der Waals surface area contributed by atoms with E-state index >= 15 is 0 Å². The van der Waals surface area contributed by atoms with Gasteiger partial charge in [0.05, 0.1) is 17.9 Å². The Morgan fingerprint density at radius 2 is 2.19 bits per heavy atom. The summed E-state index contributed by atoms with van der Waals surface area (Å²) in [7, 11) is 0. The van der Waals surface area contributed by atoms with E-state index in [0.29, 0.717) is 5.56 Å². The van der Waals surface area contributed by atoms with Gasteiger partial charge in [-0.15, -0.1) is 0 Å². The Morgan fingerprint density at radius 1 is 1.38 bits per heavy atom. The molecule has 0 saturated heterocycles. The molecular weight excluding hydrogens is 206 g/mol. The fourth-order valence-corrected chi connectivity index (χ4v) is 1.43. The zero-order valence-corrected chi connectivity index (χ0v) is 9.19. The Kier molecular flexibility index (Phi) is 2.81. The van der Waals surface area contributed by atoms with Crippen LogP contribution in [0.4, 0.5) is 0 Å². The fourth-order valence-electron chi connectivity index (χ4n) is 1.43. The van der Waals surface area contributed by atoms with E-state index in [-0.39, 0.29) is 11.9 Å². The van der Waals surface area contributed by atoms with E-state index in [1.54, 1.807) is 6.07 Å². The summed E-state index contributed by atoms with van der Waals surface area (Å²) < 4.78 is 10.3. The molecule has 16 heavy (non-hydrogen) atoms. The van der Waals surface area contributed by atoms with Crippen molar-refractivity contribution in [1.29, 1.82) is 0 Å². The standard InChI is InChI=1S/C12H13NO3/c1-8-3-4-11(16-8)9(2)13-12(14)10-5-6-15-7-10/h3-7,9H,1-2H3,(H,13,14). The van der Waals surface area contributed by atoms with Crippen LogP contribution in [-0.2, 0) is 0 Å². The zero-order valence-electron chi connectivity index (χ0n) is 9.19. The van der Waals surface area contributed by atoms with E-state index in [2.05, 4.69) is 5.32 Å². The lowest BCUT2D eigenvalue weighted by molar-refractivity contribution is 0.0934. The second-order valence-corrected chi connectivity index (χ2v) is 3.66. The van der Waals surface area contributed by atoms with Crippen LogP contribution in [0.15, 0.2) is 39.6 Å². The highest BCUT2D eigenvalue weighted by Gasteiger charge is 2.14. The van der Waals surface area contributed by atoms with Crippen LogP contribution in [0.25, 0.3) is 0 Å². The summed E-state index contributed by atoms with van der Waals surface area (Å²) in [6.07, 6.45) is 2.88. The van der Waals surface area contributed by atoms with Crippen molar-refractivity contribution in [3.8, 4) is 0 Å².